The van der Waals surface area contributed by atoms with Gasteiger partial charge < -0.3 is 4.74 Å². The molecule has 2 amide bonds. The minimum absolute atomic E-state index is 0.149. The van der Waals surface area contributed by atoms with Gasteiger partial charge in [-0.05, 0) is 57.6 Å². The number of rotatable bonds is 5. The van der Waals surface area contributed by atoms with Crippen molar-refractivity contribution >= 4 is 17.8 Å². The van der Waals surface area contributed by atoms with Gasteiger partial charge in [-0.3, -0.25) is 19.3 Å². The first kappa shape index (κ1) is 17.6. The molecule has 0 atom stereocenters. The molecule has 1 heterocycles. The van der Waals surface area contributed by atoms with Crippen molar-refractivity contribution in [3.8, 4) is 0 Å². The average Bonchev–Trinajstić information content (AvgIpc) is 2.73. The molecule has 0 N–H and O–H groups in total. The Morgan fingerprint density at radius 1 is 1.12 bits per heavy atom. The van der Waals surface area contributed by atoms with Gasteiger partial charge in [0.25, 0.3) is 11.8 Å². The molecule has 0 radical (unpaired) electrons. The van der Waals surface area contributed by atoms with E-state index in [0.717, 1.165) is 19.3 Å². The molecule has 1 aromatic carbocycles. The number of imide groups is 1. The molecule has 25 heavy (non-hydrogen) atoms. The molecule has 1 aliphatic carbocycles. The minimum atomic E-state index is -0.494. The third-order valence-corrected chi connectivity index (χ3v) is 5.07. The van der Waals surface area contributed by atoms with Crippen LogP contribution in [0.25, 0.3) is 0 Å². The SMILES string of the molecule is CC(C)(C)OC(=O)CCC1(CN2C(=O)c3ccccc3C2=O)CCC1. The van der Waals surface area contributed by atoms with Crippen LogP contribution >= 0.6 is 0 Å². The second kappa shape index (κ2) is 6.28. The second-order valence-electron chi connectivity index (χ2n) is 8.18. The molecule has 5 heteroatoms. The van der Waals surface area contributed by atoms with E-state index in [0.29, 0.717) is 30.5 Å². The van der Waals surface area contributed by atoms with Crippen LogP contribution < -0.4 is 0 Å². The van der Waals surface area contributed by atoms with Gasteiger partial charge in [-0.15, -0.1) is 0 Å². The predicted molar refractivity (Wildman–Crippen MR) is 93.2 cm³/mol. The molecule has 0 unspecified atom stereocenters. The molecule has 1 aliphatic heterocycles. The lowest BCUT2D eigenvalue weighted by Gasteiger charge is -2.44. The molecule has 1 aromatic rings. The van der Waals surface area contributed by atoms with Crippen molar-refractivity contribution in [2.45, 2.75) is 58.5 Å². The second-order valence-corrected chi connectivity index (χ2v) is 8.18. The summed E-state index contributed by atoms with van der Waals surface area (Å²) in [5.41, 5.74) is 0.319. The van der Waals surface area contributed by atoms with Crippen molar-refractivity contribution in [2.24, 2.45) is 5.41 Å². The smallest absolute Gasteiger partial charge is 0.306 e. The highest BCUT2D eigenvalue weighted by atomic mass is 16.6. The minimum Gasteiger partial charge on any atom is -0.460 e. The summed E-state index contributed by atoms with van der Waals surface area (Å²) in [6, 6.07) is 6.94. The number of fused-ring (bicyclic) bond motifs is 1. The van der Waals surface area contributed by atoms with Gasteiger partial charge in [0, 0.05) is 13.0 Å². The van der Waals surface area contributed by atoms with Gasteiger partial charge >= 0.3 is 5.97 Å². The van der Waals surface area contributed by atoms with Crippen molar-refractivity contribution in [3.63, 3.8) is 0 Å². The Kier molecular flexibility index (Phi) is 4.43. The van der Waals surface area contributed by atoms with Crippen LogP contribution in [0.4, 0.5) is 0 Å². The zero-order valence-electron chi connectivity index (χ0n) is 15.1. The van der Waals surface area contributed by atoms with Gasteiger partial charge in [0.1, 0.15) is 5.60 Å². The average molecular weight is 343 g/mol. The summed E-state index contributed by atoms with van der Waals surface area (Å²) in [6.07, 6.45) is 3.90. The highest BCUT2D eigenvalue weighted by Crippen LogP contribution is 2.46. The van der Waals surface area contributed by atoms with E-state index < -0.39 is 5.60 Å². The molecule has 5 nitrogen and oxygen atoms in total. The van der Waals surface area contributed by atoms with Crippen molar-refractivity contribution < 1.29 is 19.1 Å². The molecule has 0 spiro atoms. The summed E-state index contributed by atoms with van der Waals surface area (Å²) >= 11 is 0. The monoisotopic (exact) mass is 343 g/mol. The summed E-state index contributed by atoms with van der Waals surface area (Å²) in [4.78, 5) is 38.5. The van der Waals surface area contributed by atoms with Gasteiger partial charge in [0.2, 0.25) is 0 Å². The number of ether oxygens (including phenoxy) is 1. The number of carbonyl (C=O) groups excluding carboxylic acids is 3. The lowest BCUT2D eigenvalue weighted by atomic mass is 9.65. The van der Waals surface area contributed by atoms with E-state index >= 15 is 0 Å². The molecule has 0 aromatic heterocycles. The Hall–Kier alpha value is -2.17. The number of hydrogen-bond acceptors (Lipinski definition) is 4. The first-order valence-electron chi connectivity index (χ1n) is 8.88. The number of nitrogens with zero attached hydrogens (tertiary/aromatic N) is 1. The normalized spacial score (nSPS) is 18.8. The summed E-state index contributed by atoms with van der Waals surface area (Å²) in [5, 5.41) is 0. The maximum Gasteiger partial charge on any atom is 0.306 e. The van der Waals surface area contributed by atoms with E-state index in [1.807, 2.05) is 20.8 Å². The van der Waals surface area contributed by atoms with Crippen LogP contribution in [0.3, 0.4) is 0 Å². The third kappa shape index (κ3) is 3.60. The number of carbonyl (C=O) groups is 3. The number of benzene rings is 1. The number of amides is 2. The topological polar surface area (TPSA) is 63.7 Å². The van der Waals surface area contributed by atoms with E-state index in [1.165, 1.54) is 4.90 Å². The summed E-state index contributed by atoms with van der Waals surface area (Å²) < 4.78 is 5.38. The molecule has 2 aliphatic rings. The third-order valence-electron chi connectivity index (χ3n) is 5.07. The highest BCUT2D eigenvalue weighted by molar-refractivity contribution is 6.21. The van der Waals surface area contributed by atoms with Gasteiger partial charge in [-0.25, -0.2) is 0 Å². The standard InChI is InChI=1S/C20H25NO4/c1-19(2,3)25-16(22)9-12-20(10-6-11-20)13-21-17(23)14-7-4-5-8-15(14)18(21)24/h4-5,7-8H,6,9-13H2,1-3H3. The molecule has 3 rings (SSSR count). The Bertz CT molecular complexity index is 678. The van der Waals surface area contributed by atoms with Crippen molar-refractivity contribution in [3.05, 3.63) is 35.4 Å². The molecule has 1 saturated carbocycles. The molecular weight excluding hydrogens is 318 g/mol. The van der Waals surface area contributed by atoms with E-state index in [1.54, 1.807) is 24.3 Å². The van der Waals surface area contributed by atoms with Crippen LogP contribution in [0.1, 0.15) is 73.6 Å². The lowest BCUT2D eigenvalue weighted by molar-refractivity contribution is -0.155. The van der Waals surface area contributed by atoms with Crippen molar-refractivity contribution in [2.75, 3.05) is 6.54 Å². The van der Waals surface area contributed by atoms with Gasteiger partial charge in [-0.1, -0.05) is 18.6 Å². The Labute approximate surface area is 148 Å². The van der Waals surface area contributed by atoms with Crippen LogP contribution in [0, 0.1) is 5.41 Å². The van der Waals surface area contributed by atoms with E-state index in [-0.39, 0.29) is 23.2 Å². The van der Waals surface area contributed by atoms with E-state index in [2.05, 4.69) is 0 Å². The van der Waals surface area contributed by atoms with Gasteiger partial charge in [-0.2, -0.15) is 0 Å². The molecular formula is C20H25NO4. The highest BCUT2D eigenvalue weighted by Gasteiger charge is 2.44. The number of esters is 1. The molecule has 134 valence electrons. The summed E-state index contributed by atoms with van der Waals surface area (Å²) in [6.45, 7) is 5.94. The molecule has 1 fully saturated rings. The number of hydrogen-bond donors (Lipinski definition) is 0. The maximum atomic E-state index is 12.6. The fourth-order valence-electron chi connectivity index (χ4n) is 3.64. The van der Waals surface area contributed by atoms with Crippen LogP contribution in [0.15, 0.2) is 24.3 Å². The largest absolute Gasteiger partial charge is 0.460 e. The maximum absolute atomic E-state index is 12.6. The Morgan fingerprint density at radius 2 is 1.68 bits per heavy atom. The zero-order valence-corrected chi connectivity index (χ0v) is 15.1. The summed E-state index contributed by atoms with van der Waals surface area (Å²) in [5.74, 6) is -0.658. The fourth-order valence-corrected chi connectivity index (χ4v) is 3.64. The molecule has 0 bridgehead atoms. The quantitative estimate of drug-likeness (QED) is 0.605. The van der Waals surface area contributed by atoms with Crippen molar-refractivity contribution in [1.82, 2.24) is 4.90 Å². The van der Waals surface area contributed by atoms with Gasteiger partial charge in [0.15, 0.2) is 0 Å². The first-order valence-corrected chi connectivity index (χ1v) is 8.88. The van der Waals surface area contributed by atoms with Crippen LogP contribution in [-0.2, 0) is 9.53 Å². The van der Waals surface area contributed by atoms with Crippen LogP contribution in [0.2, 0.25) is 0 Å². The van der Waals surface area contributed by atoms with Crippen LogP contribution in [-0.4, -0.2) is 34.8 Å². The zero-order chi connectivity index (χ0) is 18.2. The summed E-state index contributed by atoms with van der Waals surface area (Å²) in [7, 11) is 0. The Morgan fingerprint density at radius 3 is 2.12 bits per heavy atom. The lowest BCUT2D eigenvalue weighted by Crippen LogP contribution is -2.45. The molecule has 0 saturated heterocycles. The van der Waals surface area contributed by atoms with Gasteiger partial charge in [0.05, 0.1) is 11.1 Å². The fraction of sp³-hybridized carbons (Fsp3) is 0.550. The van der Waals surface area contributed by atoms with E-state index in [9.17, 15) is 14.4 Å². The predicted octanol–water partition coefficient (Wildman–Crippen LogP) is 3.57. The Balaban J connectivity index is 1.66. The first-order chi connectivity index (χ1) is 11.7. The van der Waals surface area contributed by atoms with E-state index in [4.69, 9.17) is 4.74 Å². The van der Waals surface area contributed by atoms with Crippen LogP contribution in [0.5, 0.6) is 0 Å². The van der Waals surface area contributed by atoms with Crippen molar-refractivity contribution in [1.29, 1.82) is 0 Å².